The van der Waals surface area contributed by atoms with Gasteiger partial charge in [-0.3, -0.25) is 4.79 Å². The molecule has 0 saturated heterocycles. The lowest BCUT2D eigenvalue weighted by atomic mass is 9.84. The van der Waals surface area contributed by atoms with E-state index in [1.54, 1.807) is 0 Å². The van der Waals surface area contributed by atoms with Gasteiger partial charge in [-0.2, -0.15) is 4.98 Å². The first-order valence-corrected chi connectivity index (χ1v) is 7.65. The Balaban J connectivity index is 0.00000156. The maximum atomic E-state index is 12.5. The average Bonchev–Trinajstić information content (AvgIpc) is 3.25. The molecule has 1 heterocycles. The molecular weight excluding hydrogens is 316 g/mol. The average molecular weight is 335 g/mol. The number of benzene rings is 1. The van der Waals surface area contributed by atoms with Crippen molar-refractivity contribution in [1.82, 2.24) is 10.1 Å². The van der Waals surface area contributed by atoms with E-state index in [0.717, 1.165) is 24.1 Å². The second-order valence-corrected chi connectivity index (χ2v) is 6.26. The number of carbonyl (C=O) groups is 1. The highest BCUT2D eigenvalue weighted by molar-refractivity contribution is 5.93. The fourth-order valence-electron chi connectivity index (χ4n) is 3.95. The lowest BCUT2D eigenvalue weighted by molar-refractivity contribution is -0.121. The maximum Gasteiger partial charge on any atom is 0.229 e. The minimum absolute atomic E-state index is 0. The van der Waals surface area contributed by atoms with Crippen molar-refractivity contribution in [3.63, 3.8) is 0 Å². The van der Waals surface area contributed by atoms with Crippen LogP contribution in [0.4, 0.5) is 5.69 Å². The zero-order valence-electron chi connectivity index (χ0n) is 12.5. The number of carbonyl (C=O) groups excluding carboxylic acids is 1. The Morgan fingerprint density at radius 3 is 2.57 bits per heavy atom. The van der Waals surface area contributed by atoms with Crippen LogP contribution in [0.1, 0.15) is 19.3 Å². The largest absolute Gasteiger partial charge is 0.342 e. The third-order valence-corrected chi connectivity index (χ3v) is 5.06. The number of nitrogens with one attached hydrogen (secondary N) is 1. The third kappa shape index (κ3) is 2.84. The van der Waals surface area contributed by atoms with E-state index in [1.165, 1.54) is 12.8 Å². The van der Waals surface area contributed by atoms with Gasteiger partial charge >= 0.3 is 0 Å². The topological polar surface area (TPSA) is 94.0 Å². The molecule has 4 atom stereocenters. The summed E-state index contributed by atoms with van der Waals surface area (Å²) >= 11 is 0. The lowest BCUT2D eigenvalue weighted by Crippen LogP contribution is -2.42. The number of fused-ring (bicyclic) bond motifs is 2. The number of amides is 1. The molecular formula is C16H19ClN4O2. The van der Waals surface area contributed by atoms with E-state index in [2.05, 4.69) is 15.5 Å². The van der Waals surface area contributed by atoms with Crippen molar-refractivity contribution in [2.45, 2.75) is 25.3 Å². The Hall–Kier alpha value is -1.92. The van der Waals surface area contributed by atoms with E-state index in [1.807, 2.05) is 24.3 Å². The van der Waals surface area contributed by atoms with E-state index < -0.39 is 0 Å². The third-order valence-electron chi connectivity index (χ3n) is 5.06. The summed E-state index contributed by atoms with van der Waals surface area (Å²) < 4.78 is 4.73. The van der Waals surface area contributed by atoms with E-state index in [0.29, 0.717) is 17.7 Å². The van der Waals surface area contributed by atoms with Gasteiger partial charge in [0.25, 0.3) is 0 Å². The van der Waals surface area contributed by atoms with Gasteiger partial charge in [-0.05, 0) is 55.4 Å². The Kier molecular flexibility index (Phi) is 4.37. The molecule has 23 heavy (non-hydrogen) atoms. The van der Waals surface area contributed by atoms with Crippen LogP contribution in [-0.4, -0.2) is 22.1 Å². The summed E-state index contributed by atoms with van der Waals surface area (Å²) in [5, 5.41) is 6.77. The summed E-state index contributed by atoms with van der Waals surface area (Å²) in [7, 11) is 0. The molecule has 1 aromatic carbocycles. The van der Waals surface area contributed by atoms with Gasteiger partial charge in [-0.15, -0.1) is 12.4 Å². The van der Waals surface area contributed by atoms with Gasteiger partial charge in [-0.1, -0.05) is 5.16 Å². The highest BCUT2D eigenvalue weighted by atomic mass is 35.5. The molecule has 0 radical (unpaired) electrons. The van der Waals surface area contributed by atoms with Gasteiger partial charge < -0.3 is 15.6 Å². The zero-order chi connectivity index (χ0) is 15.1. The molecule has 7 heteroatoms. The quantitative estimate of drug-likeness (QED) is 0.899. The monoisotopic (exact) mass is 334 g/mol. The molecule has 122 valence electrons. The van der Waals surface area contributed by atoms with Crippen LogP contribution in [0.15, 0.2) is 35.2 Å². The Bertz CT molecular complexity index is 672. The van der Waals surface area contributed by atoms with Crippen molar-refractivity contribution < 1.29 is 9.32 Å². The second-order valence-electron chi connectivity index (χ2n) is 6.26. The van der Waals surface area contributed by atoms with Crippen molar-refractivity contribution in [2.75, 3.05) is 5.32 Å². The number of rotatable bonds is 3. The Morgan fingerprint density at radius 2 is 1.96 bits per heavy atom. The van der Waals surface area contributed by atoms with Crippen molar-refractivity contribution in [2.24, 2.45) is 23.5 Å². The summed E-state index contributed by atoms with van der Waals surface area (Å²) in [6.45, 7) is 0. The minimum atomic E-state index is -0.0457. The molecule has 2 bridgehead atoms. The summed E-state index contributed by atoms with van der Waals surface area (Å²) in [5.41, 5.74) is 7.84. The van der Waals surface area contributed by atoms with Crippen LogP contribution in [-0.2, 0) is 4.79 Å². The first-order chi connectivity index (χ1) is 10.7. The van der Waals surface area contributed by atoms with E-state index in [-0.39, 0.29) is 30.3 Å². The molecule has 2 fully saturated rings. The highest BCUT2D eigenvalue weighted by Crippen LogP contribution is 2.47. The van der Waals surface area contributed by atoms with Gasteiger partial charge in [0.15, 0.2) is 0 Å². The second kappa shape index (κ2) is 6.29. The maximum absolute atomic E-state index is 12.5. The molecule has 0 spiro atoms. The molecule has 4 rings (SSSR count). The molecule has 2 aliphatic rings. The van der Waals surface area contributed by atoms with E-state index in [4.69, 9.17) is 10.3 Å². The van der Waals surface area contributed by atoms with Crippen LogP contribution in [0, 0.1) is 17.8 Å². The highest BCUT2D eigenvalue weighted by Gasteiger charge is 2.49. The molecule has 2 aromatic rings. The van der Waals surface area contributed by atoms with Gasteiger partial charge in [-0.25, -0.2) is 0 Å². The fraction of sp³-hybridized carbons (Fsp3) is 0.438. The number of halogens is 1. The Labute approximate surface area is 140 Å². The molecule has 4 unspecified atom stereocenters. The first kappa shape index (κ1) is 16.0. The molecule has 6 nitrogen and oxygen atoms in total. The summed E-state index contributed by atoms with van der Waals surface area (Å²) in [4.78, 5) is 16.5. The first-order valence-electron chi connectivity index (χ1n) is 7.65. The van der Waals surface area contributed by atoms with Crippen LogP contribution in [0.5, 0.6) is 0 Å². The summed E-state index contributed by atoms with van der Waals surface area (Å²) in [6, 6.07) is 7.44. The fourth-order valence-corrected chi connectivity index (χ4v) is 3.95. The Morgan fingerprint density at radius 1 is 1.22 bits per heavy atom. The summed E-state index contributed by atoms with van der Waals surface area (Å²) in [5.74, 6) is 1.52. The van der Waals surface area contributed by atoms with Gasteiger partial charge in [0.2, 0.25) is 18.1 Å². The van der Waals surface area contributed by atoms with Crippen molar-refractivity contribution >= 4 is 24.0 Å². The van der Waals surface area contributed by atoms with Crippen molar-refractivity contribution in [3.05, 3.63) is 30.7 Å². The van der Waals surface area contributed by atoms with Gasteiger partial charge in [0.05, 0.1) is 5.92 Å². The molecule has 1 aromatic heterocycles. The van der Waals surface area contributed by atoms with Gasteiger partial charge in [0.1, 0.15) is 0 Å². The number of hydrogen-bond acceptors (Lipinski definition) is 5. The lowest BCUT2D eigenvalue weighted by Gasteiger charge is -2.27. The van der Waals surface area contributed by atoms with Gasteiger partial charge in [0, 0.05) is 17.3 Å². The molecule has 2 aliphatic carbocycles. The van der Waals surface area contributed by atoms with E-state index >= 15 is 0 Å². The van der Waals surface area contributed by atoms with Crippen LogP contribution >= 0.6 is 12.4 Å². The predicted octanol–water partition coefficient (Wildman–Crippen LogP) is 2.47. The number of hydrogen-bond donors (Lipinski definition) is 2. The molecule has 3 N–H and O–H groups in total. The number of anilines is 1. The standard InChI is InChI=1S/C16H18N4O2.ClH/c17-14-11-2-1-10(7-11)13(14)16(21)19-12-5-3-9(4-6-12)15-18-8-22-20-15;/h3-6,8,10-11,13-14H,1-2,7,17H2,(H,19,21);1H. The van der Waals surface area contributed by atoms with Crippen LogP contribution in [0.3, 0.4) is 0 Å². The van der Waals surface area contributed by atoms with Crippen LogP contribution in [0.25, 0.3) is 11.4 Å². The van der Waals surface area contributed by atoms with Crippen LogP contribution < -0.4 is 11.1 Å². The zero-order valence-corrected chi connectivity index (χ0v) is 13.3. The predicted molar refractivity (Wildman–Crippen MR) is 87.9 cm³/mol. The molecule has 2 saturated carbocycles. The number of aromatic nitrogens is 2. The number of nitrogens with two attached hydrogens (primary N) is 1. The smallest absolute Gasteiger partial charge is 0.229 e. The molecule has 1 amide bonds. The van der Waals surface area contributed by atoms with E-state index in [9.17, 15) is 4.79 Å². The van der Waals surface area contributed by atoms with Crippen molar-refractivity contribution in [1.29, 1.82) is 0 Å². The van der Waals surface area contributed by atoms with Crippen LogP contribution in [0.2, 0.25) is 0 Å². The molecule has 0 aliphatic heterocycles. The normalized spacial score (nSPS) is 28.4. The van der Waals surface area contributed by atoms with Crippen molar-refractivity contribution in [3.8, 4) is 11.4 Å². The SMILES string of the molecule is Cl.NC1C2CCC(C2)C1C(=O)Nc1ccc(-c2ncon2)cc1. The summed E-state index contributed by atoms with van der Waals surface area (Å²) in [6.07, 6.45) is 4.71. The minimum Gasteiger partial charge on any atom is -0.342 e. The number of nitrogens with zero attached hydrogens (tertiary/aromatic N) is 2.